The highest BCUT2D eigenvalue weighted by Crippen LogP contribution is 2.29. The van der Waals surface area contributed by atoms with Crippen molar-refractivity contribution in [1.29, 1.82) is 0 Å². The molecule has 0 radical (unpaired) electrons. The van der Waals surface area contributed by atoms with Gasteiger partial charge in [-0.15, -0.1) is 11.3 Å². The minimum Gasteiger partial charge on any atom is -0.312 e. The minimum absolute atomic E-state index is 1.01. The van der Waals surface area contributed by atoms with Crippen LogP contribution in [0.25, 0.3) is 11.1 Å². The van der Waals surface area contributed by atoms with Crippen molar-refractivity contribution in [1.82, 2.24) is 5.32 Å². The summed E-state index contributed by atoms with van der Waals surface area (Å²) in [6.07, 6.45) is 5.73. The van der Waals surface area contributed by atoms with Crippen molar-refractivity contribution in [2.24, 2.45) is 5.92 Å². The lowest BCUT2D eigenvalue weighted by Gasteiger charge is -2.25. The van der Waals surface area contributed by atoms with E-state index in [4.69, 9.17) is 0 Å². The van der Waals surface area contributed by atoms with E-state index in [1.807, 2.05) is 11.3 Å². The number of benzene rings is 1. The third kappa shape index (κ3) is 3.46. The van der Waals surface area contributed by atoms with Crippen molar-refractivity contribution < 1.29 is 0 Å². The van der Waals surface area contributed by atoms with Crippen LogP contribution in [-0.2, 0) is 6.54 Å². The van der Waals surface area contributed by atoms with Gasteiger partial charge < -0.3 is 5.32 Å². The van der Waals surface area contributed by atoms with Crippen LogP contribution in [0.1, 0.15) is 30.6 Å². The summed E-state index contributed by atoms with van der Waals surface area (Å²) in [5.74, 6) is 1.01. The average Bonchev–Trinajstić information content (AvgIpc) is 2.86. The van der Waals surface area contributed by atoms with Crippen LogP contribution in [0, 0.1) is 5.92 Å². The van der Waals surface area contributed by atoms with E-state index in [-0.39, 0.29) is 0 Å². The van der Waals surface area contributed by atoms with Crippen LogP contribution >= 0.6 is 11.3 Å². The Morgan fingerprint density at radius 1 is 1.11 bits per heavy atom. The first-order valence-corrected chi connectivity index (χ1v) is 8.13. The molecule has 0 atom stereocenters. The second-order valence-electron chi connectivity index (χ2n) is 5.43. The van der Waals surface area contributed by atoms with Crippen LogP contribution in [0.3, 0.4) is 0 Å². The first-order chi connectivity index (χ1) is 9.42. The summed E-state index contributed by atoms with van der Waals surface area (Å²) in [7, 11) is 0. The molecule has 2 heteroatoms. The van der Waals surface area contributed by atoms with Gasteiger partial charge in [-0.3, -0.25) is 0 Å². The second-order valence-corrected chi connectivity index (χ2v) is 6.43. The first-order valence-electron chi connectivity index (χ1n) is 7.25. The molecule has 19 heavy (non-hydrogen) atoms. The molecule has 3 rings (SSSR count). The lowest BCUT2D eigenvalue weighted by Crippen LogP contribution is -2.20. The zero-order valence-corrected chi connectivity index (χ0v) is 12.1. The van der Waals surface area contributed by atoms with Crippen LogP contribution in [0.4, 0.5) is 0 Å². The zero-order chi connectivity index (χ0) is 12.9. The minimum atomic E-state index is 1.01. The van der Waals surface area contributed by atoms with Gasteiger partial charge in [0, 0.05) is 11.4 Å². The number of hydrogen-bond donors (Lipinski definition) is 1. The van der Waals surface area contributed by atoms with Crippen LogP contribution in [-0.4, -0.2) is 6.54 Å². The predicted molar refractivity (Wildman–Crippen MR) is 83.4 cm³/mol. The molecular weight excluding hydrogens is 250 g/mol. The molecule has 0 saturated heterocycles. The number of thiophene rings is 1. The maximum atomic E-state index is 3.58. The molecule has 1 aromatic carbocycles. The normalized spacial score (nSPS) is 15.4. The average molecular weight is 271 g/mol. The second kappa shape index (κ2) is 6.36. The molecule has 1 aromatic heterocycles. The van der Waals surface area contributed by atoms with Gasteiger partial charge in [0.25, 0.3) is 0 Å². The Morgan fingerprint density at radius 3 is 2.68 bits per heavy atom. The van der Waals surface area contributed by atoms with Gasteiger partial charge in [-0.05, 0) is 41.5 Å². The van der Waals surface area contributed by atoms with Crippen LogP contribution in [0.2, 0.25) is 0 Å². The van der Waals surface area contributed by atoms with E-state index in [9.17, 15) is 0 Å². The molecule has 100 valence electrons. The maximum absolute atomic E-state index is 3.58. The number of rotatable bonds is 6. The maximum Gasteiger partial charge on any atom is 0.0299 e. The smallest absolute Gasteiger partial charge is 0.0299 e. The van der Waals surface area contributed by atoms with Gasteiger partial charge >= 0.3 is 0 Å². The molecule has 1 aliphatic rings. The van der Waals surface area contributed by atoms with E-state index in [2.05, 4.69) is 47.1 Å². The van der Waals surface area contributed by atoms with Gasteiger partial charge in [0.05, 0.1) is 0 Å². The van der Waals surface area contributed by atoms with Gasteiger partial charge in [-0.1, -0.05) is 49.6 Å². The Balaban J connectivity index is 1.48. The van der Waals surface area contributed by atoms with E-state index in [0.717, 1.165) is 12.5 Å². The largest absolute Gasteiger partial charge is 0.312 e. The molecule has 1 nitrogen and oxygen atoms in total. The predicted octanol–water partition coefficient (Wildman–Crippen LogP) is 4.69. The van der Waals surface area contributed by atoms with Crippen molar-refractivity contribution in [3.8, 4) is 11.1 Å². The Labute approximate surface area is 119 Å². The molecule has 1 heterocycles. The molecule has 1 aliphatic carbocycles. The molecular formula is C17H21NS. The van der Waals surface area contributed by atoms with E-state index >= 15 is 0 Å². The van der Waals surface area contributed by atoms with E-state index < -0.39 is 0 Å². The third-order valence-corrected chi connectivity index (χ3v) is 4.95. The van der Waals surface area contributed by atoms with Gasteiger partial charge in [0.1, 0.15) is 0 Å². The van der Waals surface area contributed by atoms with Crippen LogP contribution in [0.15, 0.2) is 41.8 Å². The van der Waals surface area contributed by atoms with Gasteiger partial charge in [0.15, 0.2) is 0 Å². The highest BCUT2D eigenvalue weighted by molar-refractivity contribution is 7.10. The molecule has 0 spiro atoms. The van der Waals surface area contributed by atoms with Crippen molar-refractivity contribution in [3.63, 3.8) is 0 Å². The summed E-state index contributed by atoms with van der Waals surface area (Å²) < 4.78 is 0. The lowest BCUT2D eigenvalue weighted by atomic mass is 9.83. The monoisotopic (exact) mass is 271 g/mol. The van der Waals surface area contributed by atoms with Crippen LogP contribution < -0.4 is 5.32 Å². The number of hydrogen-bond acceptors (Lipinski definition) is 2. The van der Waals surface area contributed by atoms with Crippen molar-refractivity contribution in [2.75, 3.05) is 6.54 Å². The summed E-state index contributed by atoms with van der Waals surface area (Å²) in [6.45, 7) is 2.19. The van der Waals surface area contributed by atoms with Crippen LogP contribution in [0.5, 0.6) is 0 Å². The van der Waals surface area contributed by atoms with Crippen molar-refractivity contribution in [2.45, 2.75) is 32.2 Å². The summed E-state index contributed by atoms with van der Waals surface area (Å²) in [5, 5.41) is 5.84. The molecule has 2 aromatic rings. The zero-order valence-electron chi connectivity index (χ0n) is 11.3. The van der Waals surface area contributed by atoms with Crippen molar-refractivity contribution in [3.05, 3.63) is 46.7 Å². The third-order valence-electron chi connectivity index (χ3n) is 4.01. The fourth-order valence-corrected chi connectivity index (χ4v) is 3.42. The first kappa shape index (κ1) is 12.9. The standard InChI is InChI=1S/C17H21NS/c1-2-7-15(8-3-1)16-11-17(19-13-16)12-18-10-9-14-5-4-6-14/h1-3,7-8,11,13-14,18H,4-6,9-10,12H2. The molecule has 1 N–H and O–H groups in total. The molecule has 1 fully saturated rings. The number of nitrogens with one attached hydrogen (secondary N) is 1. The van der Waals surface area contributed by atoms with E-state index in [1.165, 1.54) is 48.2 Å². The Hall–Kier alpha value is -1.12. The molecule has 0 unspecified atom stereocenters. The van der Waals surface area contributed by atoms with Gasteiger partial charge in [-0.2, -0.15) is 0 Å². The van der Waals surface area contributed by atoms with Crippen molar-refractivity contribution >= 4 is 11.3 Å². The quantitative estimate of drug-likeness (QED) is 0.751. The lowest BCUT2D eigenvalue weighted by molar-refractivity contribution is 0.292. The van der Waals surface area contributed by atoms with Gasteiger partial charge in [0.2, 0.25) is 0 Å². The van der Waals surface area contributed by atoms with E-state index in [1.54, 1.807) is 0 Å². The van der Waals surface area contributed by atoms with E-state index in [0.29, 0.717) is 0 Å². The summed E-state index contributed by atoms with van der Waals surface area (Å²) in [6, 6.07) is 12.9. The summed E-state index contributed by atoms with van der Waals surface area (Å²) >= 11 is 1.86. The SMILES string of the molecule is c1ccc(-c2csc(CNCCC3CCC3)c2)cc1. The Bertz CT molecular complexity index is 499. The van der Waals surface area contributed by atoms with Gasteiger partial charge in [-0.25, -0.2) is 0 Å². The molecule has 0 amide bonds. The fraction of sp³-hybridized carbons (Fsp3) is 0.412. The topological polar surface area (TPSA) is 12.0 Å². The highest BCUT2D eigenvalue weighted by Gasteiger charge is 2.16. The highest BCUT2D eigenvalue weighted by atomic mass is 32.1. The summed E-state index contributed by atoms with van der Waals surface area (Å²) in [5.41, 5.74) is 2.67. The molecule has 0 aliphatic heterocycles. The molecule has 1 saturated carbocycles. The Kier molecular flexibility index (Phi) is 4.31. The fourth-order valence-electron chi connectivity index (χ4n) is 2.55. The summed E-state index contributed by atoms with van der Waals surface area (Å²) in [4.78, 5) is 1.44. The molecule has 0 bridgehead atoms. The Morgan fingerprint density at radius 2 is 1.95 bits per heavy atom.